The van der Waals surface area contributed by atoms with E-state index >= 15 is 0 Å². The molecule has 0 bridgehead atoms. The first-order chi connectivity index (χ1) is 10.1. The number of ether oxygens (including phenoxy) is 2. The molecule has 2 aromatic rings. The van der Waals surface area contributed by atoms with Gasteiger partial charge in [0.05, 0.1) is 26.5 Å². The molecule has 0 saturated heterocycles. The van der Waals surface area contributed by atoms with Gasteiger partial charge in [0, 0.05) is 5.56 Å². The Morgan fingerprint density at radius 3 is 2.62 bits per heavy atom. The van der Waals surface area contributed by atoms with Crippen LogP contribution in [0.25, 0.3) is 0 Å². The summed E-state index contributed by atoms with van der Waals surface area (Å²) in [4.78, 5) is 8.34. The number of rotatable bonds is 5. The Hall–Kier alpha value is -2.25. The van der Waals surface area contributed by atoms with Crippen LogP contribution in [0.2, 0.25) is 0 Å². The predicted octanol–water partition coefficient (Wildman–Crippen LogP) is 1.49. The zero-order valence-electron chi connectivity index (χ0n) is 12.1. The van der Waals surface area contributed by atoms with Crippen molar-refractivity contribution in [3.8, 4) is 11.8 Å². The number of halogens is 1. The molecule has 3 N–H and O–H groups in total. The molecule has 6 nitrogen and oxygen atoms in total. The zero-order chi connectivity index (χ0) is 15.4. The minimum absolute atomic E-state index is 0.220. The van der Waals surface area contributed by atoms with Crippen molar-refractivity contribution in [2.45, 2.75) is 13.0 Å². The van der Waals surface area contributed by atoms with Crippen LogP contribution in [0.3, 0.4) is 0 Å². The number of nitrogens with two attached hydrogens (primary N) is 1. The Bertz CT molecular complexity index is 636. The summed E-state index contributed by atoms with van der Waals surface area (Å²) in [5.41, 5.74) is 4.10. The topological polar surface area (TPSA) is 82.3 Å². The molecule has 0 spiro atoms. The molecular weight excluding hydrogens is 275 g/mol. The molecule has 0 aliphatic heterocycles. The van der Waals surface area contributed by atoms with Crippen molar-refractivity contribution in [2.75, 3.05) is 14.2 Å². The van der Waals surface area contributed by atoms with E-state index in [-0.39, 0.29) is 11.7 Å². The van der Waals surface area contributed by atoms with Gasteiger partial charge in [0.25, 0.3) is 0 Å². The highest BCUT2D eigenvalue weighted by atomic mass is 19.1. The smallest absolute Gasteiger partial charge is 0.240 e. The first-order valence-electron chi connectivity index (χ1n) is 6.27. The molecule has 1 aromatic heterocycles. The second-order valence-electron chi connectivity index (χ2n) is 4.43. The lowest BCUT2D eigenvalue weighted by Gasteiger charge is -2.18. The first-order valence-corrected chi connectivity index (χ1v) is 6.27. The van der Waals surface area contributed by atoms with E-state index in [9.17, 15) is 4.39 Å². The molecule has 0 saturated carbocycles. The third kappa shape index (κ3) is 3.09. The molecule has 0 aliphatic carbocycles. The van der Waals surface area contributed by atoms with Crippen molar-refractivity contribution in [1.82, 2.24) is 15.4 Å². The summed E-state index contributed by atoms with van der Waals surface area (Å²) in [6.45, 7) is 1.81. The van der Waals surface area contributed by atoms with Crippen molar-refractivity contribution >= 4 is 0 Å². The van der Waals surface area contributed by atoms with Crippen LogP contribution in [-0.4, -0.2) is 24.2 Å². The minimum Gasteiger partial charge on any atom is -0.480 e. The number of methoxy groups -OCH3 is 2. The molecule has 2 rings (SSSR count). The van der Waals surface area contributed by atoms with E-state index < -0.39 is 6.04 Å². The molecule has 112 valence electrons. The van der Waals surface area contributed by atoms with Crippen LogP contribution < -0.4 is 20.7 Å². The number of hydrogen-bond acceptors (Lipinski definition) is 6. The lowest BCUT2D eigenvalue weighted by molar-refractivity contribution is 0.352. The second-order valence-corrected chi connectivity index (χ2v) is 4.43. The van der Waals surface area contributed by atoms with Gasteiger partial charge < -0.3 is 9.47 Å². The molecule has 7 heteroatoms. The Kier molecular flexibility index (Phi) is 4.66. The van der Waals surface area contributed by atoms with E-state index in [0.717, 1.165) is 5.56 Å². The summed E-state index contributed by atoms with van der Waals surface area (Å²) >= 11 is 0. The lowest BCUT2D eigenvalue weighted by atomic mass is 10.0. The number of hydrogen-bond donors (Lipinski definition) is 2. The second kappa shape index (κ2) is 6.47. The van der Waals surface area contributed by atoms with Crippen LogP contribution >= 0.6 is 0 Å². The molecule has 0 radical (unpaired) electrons. The number of nitrogens with zero attached hydrogens (tertiary/aromatic N) is 2. The van der Waals surface area contributed by atoms with E-state index in [4.69, 9.17) is 15.3 Å². The number of hydrazine groups is 1. The Morgan fingerprint density at radius 1 is 1.29 bits per heavy atom. The fraction of sp³-hybridized carbons (Fsp3) is 0.286. The summed E-state index contributed by atoms with van der Waals surface area (Å²) in [7, 11) is 2.92. The van der Waals surface area contributed by atoms with Gasteiger partial charge in [-0.05, 0) is 18.6 Å². The van der Waals surface area contributed by atoms with Gasteiger partial charge in [-0.2, -0.15) is 4.98 Å². The molecule has 1 atom stereocenters. The molecule has 21 heavy (non-hydrogen) atoms. The fourth-order valence-corrected chi connectivity index (χ4v) is 2.00. The van der Waals surface area contributed by atoms with E-state index in [1.807, 2.05) is 6.92 Å². The average molecular weight is 292 g/mol. The monoisotopic (exact) mass is 292 g/mol. The van der Waals surface area contributed by atoms with Crippen LogP contribution in [0.15, 0.2) is 24.4 Å². The Labute approximate surface area is 122 Å². The summed E-state index contributed by atoms with van der Waals surface area (Å²) in [5, 5.41) is 0. The van der Waals surface area contributed by atoms with Gasteiger partial charge in [-0.3, -0.25) is 5.84 Å². The van der Waals surface area contributed by atoms with Crippen molar-refractivity contribution in [2.24, 2.45) is 5.84 Å². The largest absolute Gasteiger partial charge is 0.480 e. The molecule has 1 aromatic carbocycles. The SMILES string of the molecule is COc1cnc(C(NN)c2ccc(C)cc2F)c(OC)n1. The summed E-state index contributed by atoms with van der Waals surface area (Å²) in [5.74, 6) is 5.71. The standard InChI is InChI=1S/C14H17FN4O2/c1-8-4-5-9(10(15)6-8)12(19-16)13-14(21-3)18-11(20-2)7-17-13/h4-7,12,19H,16H2,1-3H3. The van der Waals surface area contributed by atoms with Crippen LogP contribution in [0, 0.1) is 12.7 Å². The molecule has 1 unspecified atom stereocenters. The van der Waals surface area contributed by atoms with Gasteiger partial charge in [0.2, 0.25) is 11.8 Å². The van der Waals surface area contributed by atoms with Crippen LogP contribution in [0.5, 0.6) is 11.8 Å². The van der Waals surface area contributed by atoms with Crippen molar-refractivity contribution in [3.63, 3.8) is 0 Å². The Balaban J connectivity index is 2.50. The maximum absolute atomic E-state index is 14.1. The van der Waals surface area contributed by atoms with Gasteiger partial charge in [0.15, 0.2) is 0 Å². The normalized spacial score (nSPS) is 12.0. The van der Waals surface area contributed by atoms with E-state index in [1.54, 1.807) is 12.1 Å². The summed E-state index contributed by atoms with van der Waals surface area (Å²) < 4.78 is 24.3. The maximum Gasteiger partial charge on any atom is 0.240 e. The number of nitrogens with one attached hydrogen (secondary N) is 1. The van der Waals surface area contributed by atoms with Crippen LogP contribution in [-0.2, 0) is 0 Å². The highest BCUT2D eigenvalue weighted by Crippen LogP contribution is 2.29. The van der Waals surface area contributed by atoms with Gasteiger partial charge in [-0.1, -0.05) is 12.1 Å². The Morgan fingerprint density at radius 2 is 2.05 bits per heavy atom. The van der Waals surface area contributed by atoms with Crippen molar-refractivity contribution < 1.29 is 13.9 Å². The van der Waals surface area contributed by atoms with E-state index in [0.29, 0.717) is 17.1 Å². The fourth-order valence-electron chi connectivity index (χ4n) is 2.00. The van der Waals surface area contributed by atoms with E-state index in [2.05, 4.69) is 15.4 Å². The third-order valence-electron chi connectivity index (χ3n) is 3.05. The average Bonchev–Trinajstić information content (AvgIpc) is 2.50. The quantitative estimate of drug-likeness (QED) is 0.642. The van der Waals surface area contributed by atoms with Crippen LogP contribution in [0.4, 0.5) is 4.39 Å². The van der Waals surface area contributed by atoms with Gasteiger partial charge in [-0.25, -0.2) is 14.8 Å². The van der Waals surface area contributed by atoms with Gasteiger partial charge in [-0.15, -0.1) is 0 Å². The van der Waals surface area contributed by atoms with E-state index in [1.165, 1.54) is 26.5 Å². The number of aryl methyl sites for hydroxylation is 1. The highest BCUT2D eigenvalue weighted by molar-refractivity contribution is 5.36. The molecule has 0 aliphatic rings. The molecule has 1 heterocycles. The van der Waals surface area contributed by atoms with Gasteiger partial charge >= 0.3 is 0 Å². The van der Waals surface area contributed by atoms with Crippen LogP contribution in [0.1, 0.15) is 22.9 Å². The maximum atomic E-state index is 14.1. The number of benzene rings is 1. The molecule has 0 fully saturated rings. The third-order valence-corrected chi connectivity index (χ3v) is 3.05. The lowest BCUT2D eigenvalue weighted by Crippen LogP contribution is -2.30. The highest BCUT2D eigenvalue weighted by Gasteiger charge is 2.23. The summed E-state index contributed by atoms with van der Waals surface area (Å²) in [6, 6.07) is 4.20. The molecule has 0 amide bonds. The molecular formula is C14H17FN4O2. The van der Waals surface area contributed by atoms with Crippen molar-refractivity contribution in [1.29, 1.82) is 0 Å². The zero-order valence-corrected chi connectivity index (χ0v) is 12.1. The minimum atomic E-state index is -0.682. The van der Waals surface area contributed by atoms with Gasteiger partial charge in [0.1, 0.15) is 11.5 Å². The van der Waals surface area contributed by atoms with Crippen molar-refractivity contribution in [3.05, 3.63) is 47.0 Å². The first kappa shape index (κ1) is 15.1. The summed E-state index contributed by atoms with van der Waals surface area (Å²) in [6.07, 6.45) is 1.42. The number of aromatic nitrogens is 2. The predicted molar refractivity (Wildman–Crippen MR) is 75.4 cm³/mol.